The van der Waals surface area contributed by atoms with Crippen molar-refractivity contribution in [2.45, 2.75) is 19.9 Å². The van der Waals surface area contributed by atoms with E-state index in [4.69, 9.17) is 4.52 Å². The molecule has 9 heteroatoms. The Morgan fingerprint density at radius 2 is 1.88 bits per heavy atom. The Morgan fingerprint density at radius 3 is 2.52 bits per heavy atom. The Balaban J connectivity index is 1.63. The third kappa shape index (κ3) is 4.16. The molecule has 0 spiro atoms. The summed E-state index contributed by atoms with van der Waals surface area (Å²) in [4.78, 5) is 18.0. The van der Waals surface area contributed by atoms with Gasteiger partial charge in [-0.1, -0.05) is 35.0 Å². The van der Waals surface area contributed by atoms with Gasteiger partial charge in [-0.15, -0.1) is 0 Å². The highest BCUT2D eigenvalue weighted by atomic mass is 32.2. The highest BCUT2D eigenvalue weighted by Gasteiger charge is 2.27. The van der Waals surface area contributed by atoms with Gasteiger partial charge in [0.05, 0.1) is 11.5 Å². The van der Waals surface area contributed by atoms with Crippen molar-refractivity contribution in [3.63, 3.8) is 0 Å². The van der Waals surface area contributed by atoms with Gasteiger partial charge in [0.25, 0.3) is 0 Å². The molecule has 3 rings (SSSR count). The molecule has 1 aliphatic rings. The molecule has 0 radical (unpaired) electrons. The van der Waals surface area contributed by atoms with E-state index >= 15 is 0 Å². The largest absolute Gasteiger partial charge is 0.337 e. The normalized spacial score (nSPS) is 17.9. The fourth-order valence-electron chi connectivity index (χ4n) is 2.48. The lowest BCUT2D eigenvalue weighted by Crippen LogP contribution is -2.48. The molecule has 2 heterocycles. The van der Waals surface area contributed by atoms with Crippen LogP contribution in [0.4, 0.5) is 4.79 Å². The van der Waals surface area contributed by atoms with Crippen LogP contribution in [0.1, 0.15) is 24.4 Å². The molecule has 1 fully saturated rings. The molecule has 134 valence electrons. The topological polar surface area (TPSA) is 105 Å². The van der Waals surface area contributed by atoms with Crippen LogP contribution >= 0.6 is 0 Å². The number of amides is 2. The first kappa shape index (κ1) is 17.4. The van der Waals surface area contributed by atoms with Gasteiger partial charge in [-0.05, 0) is 13.8 Å². The molecule has 1 N–H and O–H groups in total. The summed E-state index contributed by atoms with van der Waals surface area (Å²) >= 11 is 0. The molecular formula is C16H20N4O4S. The lowest BCUT2D eigenvalue weighted by atomic mass is 10.1. The van der Waals surface area contributed by atoms with E-state index < -0.39 is 15.9 Å². The highest BCUT2D eigenvalue weighted by molar-refractivity contribution is 7.91. The molecule has 25 heavy (non-hydrogen) atoms. The minimum Gasteiger partial charge on any atom is -0.337 e. The van der Waals surface area contributed by atoms with Crippen LogP contribution in [0.5, 0.6) is 0 Å². The van der Waals surface area contributed by atoms with Crippen molar-refractivity contribution in [2.75, 3.05) is 24.6 Å². The van der Waals surface area contributed by atoms with Crippen LogP contribution in [0.2, 0.25) is 0 Å². The third-order valence-electron chi connectivity index (χ3n) is 4.09. The summed E-state index contributed by atoms with van der Waals surface area (Å²) in [7, 11) is -3.02. The number of urea groups is 1. The predicted octanol–water partition coefficient (Wildman–Crippen LogP) is 1.55. The maximum Gasteiger partial charge on any atom is 0.318 e. The van der Waals surface area contributed by atoms with Gasteiger partial charge in [-0.2, -0.15) is 4.98 Å². The van der Waals surface area contributed by atoms with E-state index in [1.165, 1.54) is 4.90 Å². The average Bonchev–Trinajstić information content (AvgIpc) is 3.05. The van der Waals surface area contributed by atoms with E-state index in [1.54, 1.807) is 6.92 Å². The van der Waals surface area contributed by atoms with Crippen LogP contribution < -0.4 is 5.32 Å². The van der Waals surface area contributed by atoms with Crippen LogP contribution in [-0.2, 0) is 9.84 Å². The third-order valence-corrected chi connectivity index (χ3v) is 5.70. The van der Waals surface area contributed by atoms with Gasteiger partial charge in [0.15, 0.2) is 9.84 Å². The van der Waals surface area contributed by atoms with E-state index in [0.29, 0.717) is 11.7 Å². The number of carbonyl (C=O) groups excluding carboxylic acids is 1. The number of benzene rings is 1. The van der Waals surface area contributed by atoms with Gasteiger partial charge in [-0.3, -0.25) is 0 Å². The van der Waals surface area contributed by atoms with Crippen molar-refractivity contribution in [3.8, 4) is 11.4 Å². The number of carbonyl (C=O) groups is 1. The second kappa shape index (κ2) is 6.83. The molecule has 1 atom stereocenters. The van der Waals surface area contributed by atoms with Crippen molar-refractivity contribution >= 4 is 15.9 Å². The maximum atomic E-state index is 12.2. The van der Waals surface area contributed by atoms with Gasteiger partial charge in [0, 0.05) is 18.7 Å². The first-order valence-electron chi connectivity index (χ1n) is 8.00. The van der Waals surface area contributed by atoms with Gasteiger partial charge >= 0.3 is 6.03 Å². The second-order valence-electron chi connectivity index (χ2n) is 6.13. The Labute approximate surface area is 146 Å². The van der Waals surface area contributed by atoms with E-state index in [9.17, 15) is 13.2 Å². The zero-order valence-electron chi connectivity index (χ0n) is 14.1. The first-order chi connectivity index (χ1) is 11.8. The van der Waals surface area contributed by atoms with Crippen molar-refractivity contribution in [1.82, 2.24) is 20.4 Å². The van der Waals surface area contributed by atoms with Crippen molar-refractivity contribution < 1.29 is 17.7 Å². The molecule has 8 nitrogen and oxygen atoms in total. The molecular weight excluding hydrogens is 344 g/mol. The van der Waals surface area contributed by atoms with E-state index in [0.717, 1.165) is 11.1 Å². The zero-order chi connectivity index (χ0) is 18.0. The highest BCUT2D eigenvalue weighted by Crippen LogP contribution is 2.19. The Hall–Kier alpha value is -2.42. The number of nitrogens with zero attached hydrogens (tertiary/aromatic N) is 3. The van der Waals surface area contributed by atoms with Gasteiger partial charge in [-0.25, -0.2) is 13.2 Å². The summed E-state index contributed by atoms with van der Waals surface area (Å²) < 4.78 is 28.1. The molecule has 1 aromatic carbocycles. The quantitative estimate of drug-likeness (QED) is 0.886. The van der Waals surface area contributed by atoms with Gasteiger partial charge in [0.1, 0.15) is 6.04 Å². The van der Waals surface area contributed by atoms with E-state index in [1.807, 2.05) is 31.2 Å². The van der Waals surface area contributed by atoms with Gasteiger partial charge < -0.3 is 14.7 Å². The summed E-state index contributed by atoms with van der Waals surface area (Å²) in [6.07, 6.45) is 0. The monoisotopic (exact) mass is 364 g/mol. The summed E-state index contributed by atoms with van der Waals surface area (Å²) in [5, 5.41) is 6.71. The molecule has 1 aromatic heterocycles. The molecule has 0 aliphatic carbocycles. The lowest BCUT2D eigenvalue weighted by Gasteiger charge is -2.27. The molecule has 2 aromatic rings. The number of aromatic nitrogens is 2. The predicted molar refractivity (Wildman–Crippen MR) is 91.6 cm³/mol. The van der Waals surface area contributed by atoms with Crippen molar-refractivity contribution in [3.05, 3.63) is 35.7 Å². The fourth-order valence-corrected chi connectivity index (χ4v) is 3.69. The first-order valence-corrected chi connectivity index (χ1v) is 9.83. The number of nitrogens with one attached hydrogen (secondary N) is 1. The SMILES string of the molecule is Cc1ccc(-c2noc([C@@H](C)NC(=O)N3CCS(=O)(=O)CC3)n2)cc1. The Morgan fingerprint density at radius 1 is 1.24 bits per heavy atom. The number of aryl methyl sites for hydroxylation is 1. The zero-order valence-corrected chi connectivity index (χ0v) is 14.9. The van der Waals surface area contributed by atoms with Crippen molar-refractivity contribution in [2.24, 2.45) is 0 Å². The van der Waals surface area contributed by atoms with Crippen LogP contribution in [0.25, 0.3) is 11.4 Å². The fraction of sp³-hybridized carbons (Fsp3) is 0.438. The number of sulfone groups is 1. The second-order valence-corrected chi connectivity index (χ2v) is 8.44. The standard InChI is InChI=1S/C16H20N4O4S/c1-11-3-5-13(6-4-11)14-18-15(24-19-14)12(2)17-16(21)20-7-9-25(22,23)10-8-20/h3-6,12H,7-10H2,1-2H3,(H,17,21)/t12-/m1/s1. The molecule has 1 saturated heterocycles. The summed E-state index contributed by atoms with van der Waals surface area (Å²) in [6.45, 7) is 4.12. The summed E-state index contributed by atoms with van der Waals surface area (Å²) in [5.41, 5.74) is 1.97. The number of hydrogen-bond acceptors (Lipinski definition) is 6. The lowest BCUT2D eigenvalue weighted by molar-refractivity contribution is 0.196. The molecule has 0 unspecified atom stereocenters. The van der Waals surface area contributed by atoms with Crippen LogP contribution in [-0.4, -0.2) is 54.1 Å². The minimum atomic E-state index is -3.02. The Bertz CT molecular complexity index is 847. The summed E-state index contributed by atoms with van der Waals surface area (Å²) in [5.74, 6) is 0.744. The smallest absolute Gasteiger partial charge is 0.318 e. The molecule has 0 saturated carbocycles. The van der Waals surface area contributed by atoms with E-state index in [-0.39, 0.29) is 30.6 Å². The molecule has 2 amide bonds. The van der Waals surface area contributed by atoms with Crippen LogP contribution in [0, 0.1) is 6.92 Å². The number of rotatable bonds is 3. The Kier molecular flexibility index (Phi) is 4.76. The van der Waals surface area contributed by atoms with Crippen LogP contribution in [0.15, 0.2) is 28.8 Å². The van der Waals surface area contributed by atoms with E-state index in [2.05, 4.69) is 15.5 Å². The maximum absolute atomic E-state index is 12.2. The van der Waals surface area contributed by atoms with Crippen LogP contribution in [0.3, 0.4) is 0 Å². The molecule has 1 aliphatic heterocycles. The molecule has 0 bridgehead atoms. The number of hydrogen-bond donors (Lipinski definition) is 1. The summed E-state index contributed by atoms with van der Waals surface area (Å²) in [6, 6.07) is 6.92. The van der Waals surface area contributed by atoms with Gasteiger partial charge in [0.2, 0.25) is 11.7 Å². The van der Waals surface area contributed by atoms with Crippen molar-refractivity contribution in [1.29, 1.82) is 0 Å². The average molecular weight is 364 g/mol. The minimum absolute atomic E-state index is 0.00701.